The van der Waals surface area contributed by atoms with Crippen molar-refractivity contribution >= 4 is 0 Å². The number of allylic oxidation sites excluding steroid dienone is 3. The average Bonchev–Trinajstić information content (AvgIpc) is 1.99. The Morgan fingerprint density at radius 3 is 2.60 bits per heavy atom. The first kappa shape index (κ1) is 9.28. The molecule has 0 saturated carbocycles. The Bertz CT molecular complexity index is 134. The molecule has 1 heteroatoms. The summed E-state index contributed by atoms with van der Waals surface area (Å²) < 4.78 is 0. The van der Waals surface area contributed by atoms with Gasteiger partial charge in [-0.05, 0) is 18.4 Å². The van der Waals surface area contributed by atoms with Gasteiger partial charge in [0.15, 0.2) is 0 Å². The summed E-state index contributed by atoms with van der Waals surface area (Å²) in [4.78, 5) is 0. The van der Waals surface area contributed by atoms with Crippen molar-refractivity contribution in [2.24, 2.45) is 5.92 Å². The molecule has 0 aliphatic carbocycles. The molecule has 1 atom stereocenters. The zero-order valence-electron chi connectivity index (χ0n) is 6.92. The van der Waals surface area contributed by atoms with E-state index in [1.54, 1.807) is 0 Å². The second-order valence-electron chi connectivity index (χ2n) is 2.61. The first-order valence-corrected chi connectivity index (χ1v) is 3.67. The van der Waals surface area contributed by atoms with E-state index in [4.69, 9.17) is 0 Å². The largest absolute Gasteiger partial charge is 0.298 e. The Kier molecular flexibility index (Phi) is 4.73. The fourth-order valence-electron chi connectivity index (χ4n) is 0.491. The Hall–Kier alpha value is -0.720. The summed E-state index contributed by atoms with van der Waals surface area (Å²) in [5.74, 6) is 0.579. The molecule has 0 spiro atoms. The summed E-state index contributed by atoms with van der Waals surface area (Å²) in [7, 11) is 0. The van der Waals surface area contributed by atoms with Crippen molar-refractivity contribution in [1.82, 2.24) is 0 Å². The van der Waals surface area contributed by atoms with Crippen LogP contribution in [-0.2, 0) is 5.11 Å². The second kappa shape index (κ2) is 5.10. The fourth-order valence-corrected chi connectivity index (χ4v) is 0.491. The second-order valence-corrected chi connectivity index (χ2v) is 2.61. The third-order valence-electron chi connectivity index (χ3n) is 1.52. The van der Waals surface area contributed by atoms with Gasteiger partial charge in [-0.3, -0.25) is 5.11 Å². The van der Waals surface area contributed by atoms with E-state index in [0.29, 0.717) is 5.92 Å². The first-order valence-electron chi connectivity index (χ1n) is 3.67. The summed E-state index contributed by atoms with van der Waals surface area (Å²) in [6.45, 7) is 6.08. The van der Waals surface area contributed by atoms with Crippen LogP contribution in [0.15, 0.2) is 24.0 Å². The molecule has 0 aromatic heterocycles. The Balaban J connectivity index is 3.75. The molecule has 57 valence electrons. The molecular weight excluding hydrogens is 124 g/mol. The predicted molar refractivity (Wildman–Crippen MR) is 43.0 cm³/mol. The van der Waals surface area contributed by atoms with Gasteiger partial charge < -0.3 is 0 Å². The maximum Gasteiger partial charge on any atom is 0.145 e. The number of rotatable bonds is 3. The van der Waals surface area contributed by atoms with Gasteiger partial charge >= 0.3 is 0 Å². The van der Waals surface area contributed by atoms with Crippen LogP contribution in [0.3, 0.4) is 0 Å². The van der Waals surface area contributed by atoms with E-state index in [2.05, 4.69) is 19.9 Å². The van der Waals surface area contributed by atoms with Crippen molar-refractivity contribution in [3.63, 3.8) is 0 Å². The van der Waals surface area contributed by atoms with Crippen LogP contribution in [0.2, 0.25) is 0 Å². The predicted octanol–water partition coefficient (Wildman–Crippen LogP) is 2.92. The lowest BCUT2D eigenvalue weighted by Gasteiger charge is -1.97. The first-order chi connectivity index (χ1) is 4.70. The number of hydrogen-bond acceptors (Lipinski definition) is 0. The van der Waals surface area contributed by atoms with Gasteiger partial charge in [-0.1, -0.05) is 32.4 Å². The molecule has 0 fully saturated rings. The van der Waals surface area contributed by atoms with Crippen molar-refractivity contribution in [2.75, 3.05) is 0 Å². The third-order valence-corrected chi connectivity index (χ3v) is 1.52. The van der Waals surface area contributed by atoms with Crippen LogP contribution in [-0.4, -0.2) is 0 Å². The molecule has 0 aromatic rings. The van der Waals surface area contributed by atoms with Crippen LogP contribution in [0.4, 0.5) is 0 Å². The molecule has 0 bridgehead atoms. The van der Waals surface area contributed by atoms with Crippen LogP contribution in [0.5, 0.6) is 0 Å². The highest BCUT2D eigenvalue weighted by Gasteiger charge is 1.89. The summed E-state index contributed by atoms with van der Waals surface area (Å²) in [5, 5.41) is 10.1. The quantitative estimate of drug-likeness (QED) is 0.423. The molecule has 0 aromatic carbocycles. The lowest BCUT2D eigenvalue weighted by molar-refractivity contribution is 0.348. The summed E-state index contributed by atoms with van der Waals surface area (Å²) in [5.41, 5.74) is 0.792. The maximum atomic E-state index is 10.1. The Labute approximate surface area is 63.1 Å². The minimum atomic E-state index is 0.579. The molecule has 0 saturated heterocycles. The zero-order valence-corrected chi connectivity index (χ0v) is 6.92. The van der Waals surface area contributed by atoms with Gasteiger partial charge in [0.05, 0.1) is 0 Å². The highest BCUT2D eigenvalue weighted by atomic mass is 16.2. The number of hydrogen-bond donors (Lipinski definition) is 0. The highest BCUT2D eigenvalue weighted by molar-refractivity contribution is 5.13. The van der Waals surface area contributed by atoms with E-state index in [9.17, 15) is 5.11 Å². The van der Waals surface area contributed by atoms with Crippen LogP contribution in [0.25, 0.3) is 0 Å². The molecular formula is C9H15O. The Morgan fingerprint density at radius 2 is 2.20 bits per heavy atom. The minimum absolute atomic E-state index is 0.579. The third kappa shape index (κ3) is 4.19. The topological polar surface area (TPSA) is 19.9 Å². The summed E-state index contributed by atoms with van der Waals surface area (Å²) >= 11 is 0. The lowest BCUT2D eigenvalue weighted by Crippen LogP contribution is -1.83. The standard InChI is InChI=1S/C9H15O/c1-4-8(2)5-6-9(3)7-10/h5-8H,4H2,1-3H3. The molecule has 0 N–H and O–H groups in total. The van der Waals surface area contributed by atoms with Gasteiger partial charge in [0.1, 0.15) is 6.26 Å². The monoisotopic (exact) mass is 139 g/mol. The van der Waals surface area contributed by atoms with E-state index in [1.165, 1.54) is 0 Å². The average molecular weight is 139 g/mol. The normalized spacial score (nSPS) is 16.1. The van der Waals surface area contributed by atoms with Crippen LogP contribution < -0.4 is 0 Å². The van der Waals surface area contributed by atoms with Crippen molar-refractivity contribution in [2.45, 2.75) is 27.2 Å². The molecule has 0 heterocycles. The Morgan fingerprint density at radius 1 is 1.60 bits per heavy atom. The van der Waals surface area contributed by atoms with Crippen LogP contribution in [0, 0.1) is 5.92 Å². The lowest BCUT2D eigenvalue weighted by atomic mass is 10.1. The van der Waals surface area contributed by atoms with Crippen LogP contribution in [0.1, 0.15) is 27.2 Å². The van der Waals surface area contributed by atoms with Gasteiger partial charge in [0, 0.05) is 0 Å². The van der Waals surface area contributed by atoms with Gasteiger partial charge in [-0.15, -0.1) is 0 Å². The highest BCUT2D eigenvalue weighted by Crippen LogP contribution is 2.04. The van der Waals surface area contributed by atoms with Crippen molar-refractivity contribution in [3.05, 3.63) is 24.0 Å². The minimum Gasteiger partial charge on any atom is -0.298 e. The van der Waals surface area contributed by atoms with Gasteiger partial charge in [0.2, 0.25) is 0 Å². The molecule has 0 aliphatic rings. The van der Waals surface area contributed by atoms with Crippen molar-refractivity contribution in [1.29, 1.82) is 0 Å². The molecule has 0 aliphatic heterocycles. The van der Waals surface area contributed by atoms with Crippen LogP contribution >= 0.6 is 0 Å². The summed E-state index contributed by atoms with van der Waals surface area (Å²) in [6.07, 6.45) is 5.94. The molecule has 1 unspecified atom stereocenters. The van der Waals surface area contributed by atoms with Gasteiger partial charge in [0.25, 0.3) is 0 Å². The SMILES string of the molecule is CCC(C)C=CC(C)=C[O]. The van der Waals surface area contributed by atoms with E-state index in [1.807, 2.05) is 13.0 Å². The van der Waals surface area contributed by atoms with Gasteiger partial charge in [-0.25, -0.2) is 0 Å². The van der Waals surface area contributed by atoms with Gasteiger partial charge in [-0.2, -0.15) is 0 Å². The van der Waals surface area contributed by atoms with E-state index < -0.39 is 0 Å². The molecule has 1 radical (unpaired) electrons. The molecule has 0 amide bonds. The van der Waals surface area contributed by atoms with E-state index >= 15 is 0 Å². The molecule has 1 nitrogen and oxygen atoms in total. The zero-order chi connectivity index (χ0) is 7.98. The summed E-state index contributed by atoms with van der Waals surface area (Å²) in [6, 6.07) is 0. The van der Waals surface area contributed by atoms with Crippen molar-refractivity contribution < 1.29 is 5.11 Å². The van der Waals surface area contributed by atoms with Crippen molar-refractivity contribution in [3.8, 4) is 0 Å². The van der Waals surface area contributed by atoms with E-state index in [-0.39, 0.29) is 0 Å². The molecule has 0 rings (SSSR count). The fraction of sp³-hybridized carbons (Fsp3) is 0.556. The smallest absolute Gasteiger partial charge is 0.145 e. The molecule has 10 heavy (non-hydrogen) atoms. The van der Waals surface area contributed by atoms with E-state index in [0.717, 1.165) is 18.3 Å². The maximum absolute atomic E-state index is 10.1.